The van der Waals surface area contributed by atoms with Gasteiger partial charge in [-0.05, 0) is 31.2 Å². The van der Waals surface area contributed by atoms with Crippen molar-refractivity contribution in [3.63, 3.8) is 0 Å². The van der Waals surface area contributed by atoms with Crippen LogP contribution in [0.2, 0.25) is 0 Å². The molecule has 27 heavy (non-hydrogen) atoms. The topological polar surface area (TPSA) is 82.7 Å². The van der Waals surface area contributed by atoms with E-state index in [-0.39, 0.29) is 11.4 Å². The van der Waals surface area contributed by atoms with Gasteiger partial charge in [0.2, 0.25) is 5.91 Å². The lowest BCUT2D eigenvalue weighted by Gasteiger charge is -2.26. The molecule has 1 aromatic rings. The van der Waals surface area contributed by atoms with Gasteiger partial charge in [0.15, 0.2) is 0 Å². The zero-order valence-corrected chi connectivity index (χ0v) is 15.0. The Morgan fingerprint density at radius 2 is 1.89 bits per heavy atom. The fourth-order valence-electron chi connectivity index (χ4n) is 2.66. The minimum atomic E-state index is -4.67. The predicted molar refractivity (Wildman–Crippen MR) is 94.6 cm³/mol. The molecule has 10 heteroatoms. The van der Waals surface area contributed by atoms with Crippen LogP contribution in [0.3, 0.4) is 0 Å². The first-order valence-electron chi connectivity index (χ1n) is 8.59. The summed E-state index contributed by atoms with van der Waals surface area (Å²) >= 11 is 0. The third-order valence-corrected chi connectivity index (χ3v) is 3.93. The van der Waals surface area contributed by atoms with Crippen LogP contribution in [-0.2, 0) is 15.7 Å². The lowest BCUT2D eigenvalue weighted by atomic mass is 10.1. The van der Waals surface area contributed by atoms with Gasteiger partial charge < -0.3 is 20.7 Å². The molecule has 1 saturated heterocycles. The molecule has 0 spiro atoms. The maximum atomic E-state index is 13.2. The summed E-state index contributed by atoms with van der Waals surface area (Å²) in [6.07, 6.45) is -3.99. The van der Waals surface area contributed by atoms with Crippen molar-refractivity contribution in [2.24, 2.45) is 0 Å². The molecule has 0 unspecified atom stereocenters. The van der Waals surface area contributed by atoms with E-state index in [0.717, 1.165) is 31.8 Å². The summed E-state index contributed by atoms with van der Waals surface area (Å²) in [5.41, 5.74) is -1.40. The zero-order valence-electron chi connectivity index (χ0n) is 15.0. The summed E-state index contributed by atoms with van der Waals surface area (Å²) in [5, 5.41) is 7.06. The molecule has 0 radical (unpaired) electrons. The van der Waals surface area contributed by atoms with Crippen LogP contribution in [-0.4, -0.2) is 56.2 Å². The predicted octanol–water partition coefficient (Wildman–Crippen LogP) is 2.51. The third kappa shape index (κ3) is 7.06. The summed E-state index contributed by atoms with van der Waals surface area (Å²) in [6, 6.07) is 2.48. The Morgan fingerprint density at radius 3 is 2.52 bits per heavy atom. The first-order chi connectivity index (χ1) is 12.8. The molecular formula is C17H23F3N4O3. The van der Waals surface area contributed by atoms with E-state index in [4.69, 9.17) is 4.74 Å². The fraction of sp³-hybridized carbons (Fsp3) is 0.529. The van der Waals surface area contributed by atoms with Gasteiger partial charge in [-0.3, -0.25) is 9.69 Å². The van der Waals surface area contributed by atoms with Crippen molar-refractivity contribution in [3.8, 4) is 0 Å². The monoisotopic (exact) mass is 388 g/mol. The fourth-order valence-corrected chi connectivity index (χ4v) is 2.66. The van der Waals surface area contributed by atoms with Crippen LogP contribution in [0.25, 0.3) is 0 Å². The summed E-state index contributed by atoms with van der Waals surface area (Å²) in [7, 11) is 0. The highest BCUT2D eigenvalue weighted by Gasteiger charge is 2.34. The van der Waals surface area contributed by atoms with Gasteiger partial charge in [-0.25, -0.2) is 4.79 Å². The van der Waals surface area contributed by atoms with Crippen LogP contribution in [0, 0.1) is 0 Å². The van der Waals surface area contributed by atoms with Crippen molar-refractivity contribution in [2.45, 2.75) is 19.5 Å². The number of rotatable bonds is 6. The van der Waals surface area contributed by atoms with Crippen LogP contribution < -0.4 is 16.0 Å². The summed E-state index contributed by atoms with van der Waals surface area (Å²) in [4.78, 5) is 25.1. The van der Waals surface area contributed by atoms with E-state index in [2.05, 4.69) is 20.9 Å². The Bertz CT molecular complexity index is 661. The number of benzene rings is 1. The molecule has 0 aliphatic carbocycles. The number of halogens is 3. The Morgan fingerprint density at radius 1 is 1.19 bits per heavy atom. The highest BCUT2D eigenvalue weighted by Crippen LogP contribution is 2.36. The van der Waals surface area contributed by atoms with Crippen LogP contribution in [0.4, 0.5) is 29.3 Å². The number of anilines is 2. The number of amides is 3. The molecule has 0 atom stereocenters. The average molecular weight is 388 g/mol. The lowest BCUT2D eigenvalue weighted by Crippen LogP contribution is -2.38. The van der Waals surface area contributed by atoms with Gasteiger partial charge in [-0.2, -0.15) is 13.2 Å². The number of hydrogen-bond acceptors (Lipinski definition) is 4. The normalized spacial score (nSPS) is 15.3. The van der Waals surface area contributed by atoms with Gasteiger partial charge in [-0.15, -0.1) is 0 Å². The van der Waals surface area contributed by atoms with Crippen molar-refractivity contribution in [3.05, 3.63) is 23.8 Å². The van der Waals surface area contributed by atoms with E-state index in [1.165, 1.54) is 13.0 Å². The van der Waals surface area contributed by atoms with Crippen LogP contribution in [0.5, 0.6) is 0 Å². The molecule has 0 aromatic heterocycles. The van der Waals surface area contributed by atoms with Crippen LogP contribution in [0.1, 0.15) is 18.9 Å². The molecule has 3 amide bonds. The van der Waals surface area contributed by atoms with Crippen molar-refractivity contribution < 1.29 is 27.5 Å². The Balaban J connectivity index is 1.88. The molecule has 0 saturated carbocycles. The lowest BCUT2D eigenvalue weighted by molar-refractivity contribution is -0.137. The van der Waals surface area contributed by atoms with Gasteiger partial charge in [0.1, 0.15) is 0 Å². The molecule has 3 N–H and O–H groups in total. The number of urea groups is 1. The van der Waals surface area contributed by atoms with Gasteiger partial charge in [0, 0.05) is 32.2 Å². The van der Waals surface area contributed by atoms with Gasteiger partial charge >= 0.3 is 12.2 Å². The number of carbonyl (C=O) groups is 2. The summed E-state index contributed by atoms with van der Waals surface area (Å²) in [5.74, 6) is -0.484. The number of nitrogens with one attached hydrogen (secondary N) is 3. The zero-order chi connectivity index (χ0) is 19.9. The van der Waals surface area contributed by atoms with Crippen LogP contribution >= 0.6 is 0 Å². The number of carbonyl (C=O) groups excluding carboxylic acids is 2. The minimum absolute atomic E-state index is 0.00583. The van der Waals surface area contributed by atoms with Crippen LogP contribution in [0.15, 0.2) is 18.2 Å². The molecule has 1 aliphatic heterocycles. The number of nitrogens with zero attached hydrogens (tertiary/aromatic N) is 1. The standard InChI is InChI=1S/C17H23F3N4O3/c1-12(25)22-13-3-4-15(14(11-13)17(18,19)20)23-16(26)21-5-2-6-24-7-9-27-10-8-24/h3-4,11H,2,5-10H2,1H3,(H,22,25)(H2,21,23,26). The Kier molecular flexibility index (Phi) is 7.43. The molecule has 1 fully saturated rings. The second-order valence-electron chi connectivity index (χ2n) is 6.13. The van der Waals surface area contributed by atoms with Crippen molar-refractivity contribution >= 4 is 23.3 Å². The van der Waals surface area contributed by atoms with Crippen molar-refractivity contribution in [1.82, 2.24) is 10.2 Å². The second kappa shape index (κ2) is 9.56. The van der Waals surface area contributed by atoms with Gasteiger partial charge in [0.25, 0.3) is 0 Å². The molecular weight excluding hydrogens is 365 g/mol. The largest absolute Gasteiger partial charge is 0.418 e. The maximum Gasteiger partial charge on any atom is 0.418 e. The first kappa shape index (κ1) is 21.0. The number of alkyl halides is 3. The quantitative estimate of drug-likeness (QED) is 0.654. The maximum absolute atomic E-state index is 13.2. The average Bonchev–Trinajstić information content (AvgIpc) is 2.59. The first-order valence-corrected chi connectivity index (χ1v) is 8.59. The number of hydrogen-bond donors (Lipinski definition) is 3. The van der Waals surface area contributed by atoms with Crippen molar-refractivity contribution in [2.75, 3.05) is 50.0 Å². The molecule has 0 bridgehead atoms. The van der Waals surface area contributed by atoms with E-state index in [1.54, 1.807) is 0 Å². The van der Waals surface area contributed by atoms with E-state index in [9.17, 15) is 22.8 Å². The van der Waals surface area contributed by atoms with E-state index >= 15 is 0 Å². The molecule has 150 valence electrons. The minimum Gasteiger partial charge on any atom is -0.379 e. The second-order valence-corrected chi connectivity index (χ2v) is 6.13. The molecule has 1 aromatic carbocycles. The number of ether oxygens (including phenoxy) is 1. The smallest absolute Gasteiger partial charge is 0.379 e. The highest BCUT2D eigenvalue weighted by molar-refractivity contribution is 5.92. The highest BCUT2D eigenvalue weighted by atomic mass is 19.4. The van der Waals surface area contributed by atoms with Gasteiger partial charge in [0.05, 0.1) is 24.5 Å². The van der Waals surface area contributed by atoms with E-state index in [0.29, 0.717) is 26.2 Å². The molecule has 1 aliphatic rings. The van der Waals surface area contributed by atoms with Gasteiger partial charge in [-0.1, -0.05) is 0 Å². The third-order valence-electron chi connectivity index (χ3n) is 3.93. The van der Waals surface area contributed by atoms with E-state index in [1.807, 2.05) is 0 Å². The Labute approximate surface area is 155 Å². The molecule has 1 heterocycles. The number of morpholine rings is 1. The SMILES string of the molecule is CC(=O)Nc1ccc(NC(=O)NCCCN2CCOCC2)c(C(F)(F)F)c1. The Hall–Kier alpha value is -2.33. The van der Waals surface area contributed by atoms with E-state index < -0.39 is 23.7 Å². The summed E-state index contributed by atoms with van der Waals surface area (Å²) < 4.78 is 44.9. The van der Waals surface area contributed by atoms with Crippen molar-refractivity contribution in [1.29, 1.82) is 0 Å². The molecule has 7 nitrogen and oxygen atoms in total. The summed E-state index contributed by atoms with van der Waals surface area (Å²) in [6.45, 7) is 5.36. The molecule has 2 rings (SSSR count).